The number of phenols is 1. The Labute approximate surface area is 248 Å². The van der Waals surface area contributed by atoms with E-state index in [2.05, 4.69) is 15.6 Å². The Hall–Kier alpha value is -4.38. The van der Waals surface area contributed by atoms with Crippen LogP contribution in [0.15, 0.2) is 67.0 Å². The van der Waals surface area contributed by atoms with Crippen molar-refractivity contribution in [3.05, 3.63) is 94.8 Å². The molecule has 3 atom stereocenters. The van der Waals surface area contributed by atoms with E-state index in [0.29, 0.717) is 27.2 Å². The van der Waals surface area contributed by atoms with Crippen LogP contribution in [0.5, 0.6) is 5.75 Å². The van der Waals surface area contributed by atoms with Gasteiger partial charge in [0.2, 0.25) is 5.91 Å². The summed E-state index contributed by atoms with van der Waals surface area (Å²) in [6.45, 7) is 4.62. The Bertz CT molecular complexity index is 1480. The largest absolute Gasteiger partial charge is 0.508 e. The van der Waals surface area contributed by atoms with Gasteiger partial charge in [-0.2, -0.15) is 0 Å². The first-order chi connectivity index (χ1) is 20.2. The van der Waals surface area contributed by atoms with Crippen LogP contribution in [0, 0.1) is 19.3 Å². The fraction of sp³-hybridized carbons (Fsp3) is 0.375. The molecule has 0 bridgehead atoms. The Morgan fingerprint density at radius 3 is 2.35 bits per heavy atom. The minimum atomic E-state index is -3.45. The molecule has 4 rings (SSSR count). The third-order valence-electron chi connectivity index (χ3n) is 8.07. The molecule has 0 spiro atoms. The molecule has 1 aliphatic heterocycles. The van der Waals surface area contributed by atoms with Gasteiger partial charge in [0, 0.05) is 30.1 Å². The number of alkyl halides is 2. The fourth-order valence-corrected chi connectivity index (χ4v) is 5.33. The number of nitrogens with one attached hydrogen (secondary N) is 2. The summed E-state index contributed by atoms with van der Waals surface area (Å²) in [5, 5.41) is 26.9. The quantitative estimate of drug-likeness (QED) is 0.301. The maximum absolute atomic E-state index is 15.3. The normalized spacial score (nSPS) is 18.5. The summed E-state index contributed by atoms with van der Waals surface area (Å²) in [5.74, 6) is -6.12. The van der Waals surface area contributed by atoms with E-state index in [1.165, 1.54) is 32.3 Å². The molecule has 1 fully saturated rings. The van der Waals surface area contributed by atoms with Crippen LogP contribution in [-0.4, -0.2) is 68.5 Å². The first-order valence-corrected chi connectivity index (χ1v) is 13.9. The van der Waals surface area contributed by atoms with Gasteiger partial charge in [-0.25, -0.2) is 8.78 Å². The third-order valence-corrected chi connectivity index (χ3v) is 8.07. The Kier molecular flexibility index (Phi) is 9.15. The number of carbonyl (C=O) groups is 3. The standard InChI is InChI=1S/C32H36F2N4O5/c1-19-14-23(20(2)25(39)15-19)28(41)37-24(16-21-8-6-5-7-9-21)26(40)30(43)38-18-32(33,34)31(3,4)27(38)29(42)36-17-22-10-12-35-13-11-22/h5-15,24,26-27,39-40H,16-18H2,1-4H3,(H,36,42)(H,37,41)/t24-,26-,27?/m0/s1. The zero-order valence-electron chi connectivity index (χ0n) is 24.5. The van der Waals surface area contributed by atoms with Crippen LogP contribution in [0.4, 0.5) is 8.78 Å². The van der Waals surface area contributed by atoms with Gasteiger partial charge in [0.25, 0.3) is 17.7 Å². The molecule has 1 aliphatic rings. The van der Waals surface area contributed by atoms with E-state index in [9.17, 15) is 24.6 Å². The Morgan fingerprint density at radius 2 is 1.70 bits per heavy atom. The van der Waals surface area contributed by atoms with E-state index in [4.69, 9.17) is 0 Å². The number of nitrogens with zero attached hydrogens (tertiary/aromatic N) is 2. The molecule has 0 saturated carbocycles. The molecule has 228 valence electrons. The zero-order chi connectivity index (χ0) is 31.5. The molecule has 2 heterocycles. The van der Waals surface area contributed by atoms with E-state index < -0.39 is 53.8 Å². The molecular weight excluding hydrogens is 558 g/mol. The number of aryl methyl sites for hydroxylation is 1. The molecule has 2 aromatic carbocycles. The molecule has 3 amide bonds. The fourth-order valence-electron chi connectivity index (χ4n) is 5.33. The summed E-state index contributed by atoms with van der Waals surface area (Å²) < 4.78 is 30.6. The highest BCUT2D eigenvalue weighted by atomic mass is 19.3. The van der Waals surface area contributed by atoms with Gasteiger partial charge in [-0.05, 0) is 61.2 Å². The number of hydrogen-bond acceptors (Lipinski definition) is 6. The molecular formula is C32H36F2N4O5. The number of amides is 3. The lowest BCUT2D eigenvalue weighted by Gasteiger charge is -2.34. The van der Waals surface area contributed by atoms with Gasteiger partial charge < -0.3 is 25.7 Å². The van der Waals surface area contributed by atoms with Gasteiger partial charge in [-0.3, -0.25) is 19.4 Å². The number of carbonyl (C=O) groups excluding carboxylic acids is 3. The third kappa shape index (κ3) is 6.67. The monoisotopic (exact) mass is 594 g/mol. The molecule has 4 N–H and O–H groups in total. The van der Waals surface area contributed by atoms with Crippen molar-refractivity contribution in [2.45, 2.75) is 64.8 Å². The molecule has 0 radical (unpaired) electrons. The number of phenolic OH excluding ortho intramolecular Hbond substituents is 1. The summed E-state index contributed by atoms with van der Waals surface area (Å²) in [5.41, 5.74) is 0.450. The summed E-state index contributed by atoms with van der Waals surface area (Å²) in [7, 11) is 0. The molecule has 43 heavy (non-hydrogen) atoms. The van der Waals surface area contributed by atoms with Crippen LogP contribution in [-0.2, 0) is 22.6 Å². The van der Waals surface area contributed by atoms with E-state index in [0.717, 1.165) is 0 Å². The van der Waals surface area contributed by atoms with Crippen LogP contribution in [0.3, 0.4) is 0 Å². The average molecular weight is 595 g/mol. The summed E-state index contributed by atoms with van der Waals surface area (Å²) in [6, 6.07) is 12.3. The molecule has 9 nitrogen and oxygen atoms in total. The van der Waals surface area contributed by atoms with Crippen molar-refractivity contribution in [3.63, 3.8) is 0 Å². The van der Waals surface area contributed by atoms with Crippen molar-refractivity contribution >= 4 is 17.7 Å². The lowest BCUT2D eigenvalue weighted by Crippen LogP contribution is -2.57. The predicted octanol–water partition coefficient (Wildman–Crippen LogP) is 3.29. The van der Waals surface area contributed by atoms with E-state index in [-0.39, 0.29) is 24.3 Å². The molecule has 3 aromatic rings. The Morgan fingerprint density at radius 1 is 1.05 bits per heavy atom. The van der Waals surface area contributed by atoms with E-state index in [1.54, 1.807) is 62.4 Å². The van der Waals surface area contributed by atoms with Gasteiger partial charge in [0.05, 0.1) is 18.0 Å². The minimum Gasteiger partial charge on any atom is -0.508 e. The smallest absolute Gasteiger partial charge is 0.272 e. The number of aliphatic hydroxyl groups excluding tert-OH is 1. The lowest BCUT2D eigenvalue weighted by atomic mass is 9.81. The van der Waals surface area contributed by atoms with Crippen LogP contribution < -0.4 is 10.6 Å². The average Bonchev–Trinajstić information content (AvgIpc) is 3.16. The highest BCUT2D eigenvalue weighted by Crippen LogP contribution is 2.48. The predicted molar refractivity (Wildman–Crippen MR) is 155 cm³/mol. The molecule has 0 aliphatic carbocycles. The zero-order valence-corrected chi connectivity index (χ0v) is 24.5. The van der Waals surface area contributed by atoms with Gasteiger partial charge in [0.1, 0.15) is 11.8 Å². The maximum Gasteiger partial charge on any atom is 0.272 e. The minimum absolute atomic E-state index is 0.0110. The molecule has 1 saturated heterocycles. The van der Waals surface area contributed by atoms with Gasteiger partial charge in [-0.15, -0.1) is 0 Å². The maximum atomic E-state index is 15.3. The molecule has 1 aromatic heterocycles. The number of hydrogen-bond donors (Lipinski definition) is 4. The van der Waals surface area contributed by atoms with Crippen LogP contribution >= 0.6 is 0 Å². The van der Waals surface area contributed by atoms with Crippen molar-refractivity contribution in [1.82, 2.24) is 20.5 Å². The second-order valence-electron chi connectivity index (χ2n) is 11.5. The number of rotatable bonds is 9. The molecule has 11 heteroatoms. The second-order valence-corrected chi connectivity index (χ2v) is 11.5. The van der Waals surface area contributed by atoms with Crippen molar-refractivity contribution < 1.29 is 33.4 Å². The van der Waals surface area contributed by atoms with Gasteiger partial charge >= 0.3 is 0 Å². The first kappa shape index (κ1) is 31.6. The van der Waals surface area contributed by atoms with Crippen molar-refractivity contribution in [2.24, 2.45) is 5.41 Å². The van der Waals surface area contributed by atoms with E-state index >= 15 is 8.78 Å². The number of pyridine rings is 1. The highest BCUT2D eigenvalue weighted by molar-refractivity contribution is 5.97. The second kappa shape index (κ2) is 12.5. The van der Waals surface area contributed by atoms with E-state index in [1.807, 2.05) is 0 Å². The van der Waals surface area contributed by atoms with Crippen LogP contribution in [0.25, 0.3) is 0 Å². The summed E-state index contributed by atoms with van der Waals surface area (Å²) >= 11 is 0. The van der Waals surface area contributed by atoms with Crippen LogP contribution in [0.1, 0.15) is 46.5 Å². The summed E-state index contributed by atoms with van der Waals surface area (Å²) in [4.78, 5) is 45.1. The lowest BCUT2D eigenvalue weighted by molar-refractivity contribution is -0.148. The SMILES string of the molecule is Cc1cc(O)c(C)c(C(=O)N[C@@H](Cc2ccccc2)[C@H](O)C(=O)N2CC(F)(F)C(C)(C)C2C(=O)NCc2ccncc2)c1. The summed E-state index contributed by atoms with van der Waals surface area (Å²) in [6.07, 6.45) is 1.08. The number of halogens is 2. The number of aromatic hydroxyl groups is 1. The first-order valence-electron chi connectivity index (χ1n) is 13.9. The molecule has 1 unspecified atom stereocenters. The number of likely N-dealkylation sites (tertiary alicyclic amines) is 1. The number of aromatic nitrogens is 1. The van der Waals surface area contributed by atoms with Crippen molar-refractivity contribution in [1.29, 1.82) is 0 Å². The van der Waals surface area contributed by atoms with Gasteiger partial charge in [0.15, 0.2) is 6.10 Å². The van der Waals surface area contributed by atoms with Crippen LogP contribution in [0.2, 0.25) is 0 Å². The Balaban J connectivity index is 1.63. The van der Waals surface area contributed by atoms with Gasteiger partial charge in [-0.1, -0.05) is 44.2 Å². The number of benzene rings is 2. The van der Waals surface area contributed by atoms with Crippen molar-refractivity contribution in [3.8, 4) is 5.75 Å². The topological polar surface area (TPSA) is 132 Å². The van der Waals surface area contributed by atoms with Crippen molar-refractivity contribution in [2.75, 3.05) is 6.54 Å². The number of aliphatic hydroxyl groups is 1. The highest BCUT2D eigenvalue weighted by Gasteiger charge is 2.64.